The highest BCUT2D eigenvalue weighted by molar-refractivity contribution is 5.66. The van der Waals surface area contributed by atoms with Crippen molar-refractivity contribution in [3.8, 4) is 6.07 Å². The molecule has 2 aliphatic heterocycles. The maximum Gasteiger partial charge on any atom is 0.0991 e. The van der Waals surface area contributed by atoms with E-state index in [0.717, 1.165) is 49.3 Å². The Kier molecular flexibility index (Phi) is 6.46. The minimum atomic E-state index is -0.217. The zero-order valence-electron chi connectivity index (χ0n) is 18.0. The molecule has 3 rings (SSSR count). The first-order valence-electron chi connectivity index (χ1n) is 10.4. The number of ether oxygens (including phenoxy) is 1. The molecule has 0 aromatic heterocycles. The van der Waals surface area contributed by atoms with E-state index in [0.29, 0.717) is 5.56 Å². The lowest BCUT2D eigenvalue weighted by Crippen LogP contribution is -2.55. The predicted molar refractivity (Wildman–Crippen MR) is 118 cm³/mol. The van der Waals surface area contributed by atoms with Crippen molar-refractivity contribution in [2.45, 2.75) is 51.2 Å². The molecule has 0 saturated carbocycles. The standard InChI is InChI=1S/C24H32N4O/c1-5-6-11-24(3,28-14-12-23(2,29-4)13-15-28)22-18-26-21(17-27-22)20-9-7-19(16-25)8-10-20/h6-11,17-18,26-27H,5,12-15H2,1-4H3/b11-6-/t24-/m0/s1. The van der Waals surface area contributed by atoms with Crippen molar-refractivity contribution in [1.29, 1.82) is 5.26 Å². The number of benzene rings is 1. The van der Waals surface area contributed by atoms with Crippen LogP contribution in [0, 0.1) is 11.3 Å². The molecule has 0 amide bonds. The molecule has 1 fully saturated rings. The zero-order chi connectivity index (χ0) is 20.9. The molecule has 5 heteroatoms. The van der Waals surface area contributed by atoms with E-state index in [1.54, 1.807) is 0 Å². The average Bonchev–Trinajstić information content (AvgIpc) is 2.78. The van der Waals surface area contributed by atoms with Crippen LogP contribution in [0.5, 0.6) is 0 Å². The summed E-state index contributed by atoms with van der Waals surface area (Å²) in [6, 6.07) is 9.76. The van der Waals surface area contributed by atoms with Crippen LogP contribution in [0.4, 0.5) is 0 Å². The van der Waals surface area contributed by atoms with Gasteiger partial charge in [-0.1, -0.05) is 31.2 Å². The summed E-state index contributed by atoms with van der Waals surface area (Å²) < 4.78 is 5.73. The Labute approximate surface area is 174 Å². The lowest BCUT2D eigenvalue weighted by molar-refractivity contribution is -0.0536. The molecular formula is C24H32N4O. The van der Waals surface area contributed by atoms with Crippen molar-refractivity contribution in [2.24, 2.45) is 0 Å². The number of hydrogen-bond donors (Lipinski definition) is 2. The normalized spacial score (nSPS) is 21.3. The van der Waals surface area contributed by atoms with Crippen LogP contribution < -0.4 is 10.6 Å². The van der Waals surface area contributed by atoms with Crippen LogP contribution in [0.3, 0.4) is 0 Å². The monoisotopic (exact) mass is 392 g/mol. The highest BCUT2D eigenvalue weighted by Gasteiger charge is 2.39. The number of piperidine rings is 1. The molecular weight excluding hydrogens is 360 g/mol. The van der Waals surface area contributed by atoms with Gasteiger partial charge in [0.2, 0.25) is 0 Å². The molecule has 0 radical (unpaired) electrons. The van der Waals surface area contributed by atoms with Gasteiger partial charge in [-0.05, 0) is 50.8 Å². The van der Waals surface area contributed by atoms with Crippen LogP contribution in [-0.4, -0.2) is 36.2 Å². The van der Waals surface area contributed by atoms with E-state index in [4.69, 9.17) is 10.00 Å². The second-order valence-corrected chi connectivity index (χ2v) is 8.19. The van der Waals surface area contributed by atoms with E-state index in [2.05, 4.69) is 60.7 Å². The summed E-state index contributed by atoms with van der Waals surface area (Å²) in [5.41, 5.74) is 3.59. The number of hydrogen-bond acceptors (Lipinski definition) is 5. The first-order chi connectivity index (χ1) is 13.9. The second-order valence-electron chi connectivity index (χ2n) is 8.19. The van der Waals surface area contributed by atoms with Gasteiger partial charge in [0.25, 0.3) is 0 Å². The maximum atomic E-state index is 8.98. The number of nitrogens with one attached hydrogen (secondary N) is 2. The number of nitriles is 1. The van der Waals surface area contributed by atoms with Gasteiger partial charge >= 0.3 is 0 Å². The Bertz CT molecular complexity index is 839. The fourth-order valence-electron chi connectivity index (χ4n) is 3.93. The highest BCUT2D eigenvalue weighted by atomic mass is 16.5. The van der Waals surface area contributed by atoms with E-state index in [-0.39, 0.29) is 11.1 Å². The van der Waals surface area contributed by atoms with E-state index in [1.807, 2.05) is 37.6 Å². The molecule has 5 nitrogen and oxygen atoms in total. The van der Waals surface area contributed by atoms with Crippen molar-refractivity contribution in [3.63, 3.8) is 0 Å². The number of methoxy groups -OCH3 is 1. The Morgan fingerprint density at radius 1 is 1.21 bits per heavy atom. The van der Waals surface area contributed by atoms with Crippen LogP contribution in [0.15, 0.2) is 54.5 Å². The first kappa shape index (κ1) is 21.2. The number of rotatable bonds is 6. The fraction of sp³-hybridized carbons (Fsp3) is 0.458. The van der Waals surface area contributed by atoms with Gasteiger partial charge in [-0.15, -0.1) is 0 Å². The largest absolute Gasteiger partial charge is 0.378 e. The van der Waals surface area contributed by atoms with Gasteiger partial charge < -0.3 is 15.4 Å². The predicted octanol–water partition coefficient (Wildman–Crippen LogP) is 4.12. The first-order valence-corrected chi connectivity index (χ1v) is 10.4. The van der Waals surface area contributed by atoms with E-state index in [9.17, 15) is 0 Å². The smallest absolute Gasteiger partial charge is 0.0991 e. The molecule has 2 aliphatic rings. The Morgan fingerprint density at radius 3 is 2.41 bits per heavy atom. The number of likely N-dealkylation sites (tertiary alicyclic amines) is 1. The van der Waals surface area contributed by atoms with E-state index in [1.165, 1.54) is 0 Å². The molecule has 154 valence electrons. The summed E-state index contributed by atoms with van der Waals surface area (Å²) in [6.45, 7) is 8.62. The third kappa shape index (κ3) is 4.55. The van der Waals surface area contributed by atoms with Gasteiger partial charge in [0.15, 0.2) is 0 Å². The number of allylic oxidation sites excluding steroid dienone is 1. The molecule has 2 N–H and O–H groups in total. The topological polar surface area (TPSA) is 60.3 Å². The van der Waals surface area contributed by atoms with Crippen LogP contribution >= 0.6 is 0 Å². The van der Waals surface area contributed by atoms with Gasteiger partial charge in [-0.25, -0.2) is 0 Å². The Hall–Kier alpha value is -2.55. The van der Waals surface area contributed by atoms with Crippen LogP contribution in [-0.2, 0) is 4.74 Å². The molecule has 1 aromatic rings. The molecule has 1 aromatic carbocycles. The summed E-state index contributed by atoms with van der Waals surface area (Å²) in [4.78, 5) is 2.53. The molecule has 1 atom stereocenters. The fourth-order valence-corrected chi connectivity index (χ4v) is 3.93. The third-order valence-corrected chi connectivity index (χ3v) is 6.26. The SMILES string of the molecule is CC/C=C\[C@@](C)(C1=CNC(c2ccc(C#N)cc2)=CN1)N1CCC(C)(OC)CC1. The second kappa shape index (κ2) is 8.86. The van der Waals surface area contributed by atoms with Crippen molar-refractivity contribution in [1.82, 2.24) is 15.5 Å². The Morgan fingerprint density at radius 2 is 1.90 bits per heavy atom. The molecule has 0 spiro atoms. The van der Waals surface area contributed by atoms with Gasteiger partial charge in [-0.2, -0.15) is 5.26 Å². The molecule has 29 heavy (non-hydrogen) atoms. The van der Waals surface area contributed by atoms with E-state index < -0.39 is 0 Å². The van der Waals surface area contributed by atoms with E-state index >= 15 is 0 Å². The maximum absolute atomic E-state index is 8.98. The quantitative estimate of drug-likeness (QED) is 0.713. The van der Waals surface area contributed by atoms with Crippen LogP contribution in [0.2, 0.25) is 0 Å². The molecule has 0 bridgehead atoms. The molecule has 2 heterocycles. The zero-order valence-corrected chi connectivity index (χ0v) is 18.0. The Balaban J connectivity index is 1.77. The van der Waals surface area contributed by atoms with Crippen LogP contribution in [0.25, 0.3) is 5.70 Å². The van der Waals surface area contributed by atoms with Crippen molar-refractivity contribution >= 4 is 5.70 Å². The minimum absolute atomic E-state index is 0.0266. The lowest BCUT2D eigenvalue weighted by atomic mass is 9.86. The van der Waals surface area contributed by atoms with Gasteiger partial charge in [0, 0.05) is 32.6 Å². The molecule has 0 unspecified atom stereocenters. The number of nitrogens with zero attached hydrogens (tertiary/aromatic N) is 2. The summed E-state index contributed by atoms with van der Waals surface area (Å²) in [6.07, 6.45) is 11.7. The average molecular weight is 393 g/mol. The molecule has 0 aliphatic carbocycles. The van der Waals surface area contributed by atoms with Crippen LogP contribution in [0.1, 0.15) is 51.2 Å². The van der Waals surface area contributed by atoms with Gasteiger partial charge in [-0.3, -0.25) is 4.90 Å². The summed E-state index contributed by atoms with van der Waals surface area (Å²) in [5, 5.41) is 16.0. The summed E-state index contributed by atoms with van der Waals surface area (Å²) in [5.74, 6) is 0. The minimum Gasteiger partial charge on any atom is -0.378 e. The lowest BCUT2D eigenvalue weighted by Gasteiger charge is -2.47. The van der Waals surface area contributed by atoms with Crippen molar-refractivity contribution in [2.75, 3.05) is 20.2 Å². The third-order valence-electron chi connectivity index (χ3n) is 6.26. The van der Waals surface area contributed by atoms with Gasteiger partial charge in [0.1, 0.15) is 0 Å². The molecule has 1 saturated heterocycles. The highest BCUT2D eigenvalue weighted by Crippen LogP contribution is 2.34. The van der Waals surface area contributed by atoms with Crippen molar-refractivity contribution < 1.29 is 4.74 Å². The van der Waals surface area contributed by atoms with Gasteiger partial charge in [0.05, 0.1) is 34.2 Å². The van der Waals surface area contributed by atoms with Crippen molar-refractivity contribution in [3.05, 3.63) is 65.6 Å². The summed E-state index contributed by atoms with van der Waals surface area (Å²) in [7, 11) is 1.82. The summed E-state index contributed by atoms with van der Waals surface area (Å²) >= 11 is 0.